The summed E-state index contributed by atoms with van der Waals surface area (Å²) in [6.07, 6.45) is 1.43. The maximum Gasteiger partial charge on any atom is 0.231 e. The molecule has 1 atom stereocenters. The van der Waals surface area contributed by atoms with Crippen molar-refractivity contribution in [3.63, 3.8) is 0 Å². The Morgan fingerprint density at radius 1 is 1.43 bits per heavy atom. The summed E-state index contributed by atoms with van der Waals surface area (Å²) in [5, 5.41) is 0. The lowest BCUT2D eigenvalue weighted by atomic mass is 10.1. The molecule has 0 aliphatic rings. The summed E-state index contributed by atoms with van der Waals surface area (Å²) in [7, 11) is 0. The number of ketones is 1. The normalized spacial score (nSPS) is 11.9. The Kier molecular flexibility index (Phi) is 5.76. The summed E-state index contributed by atoms with van der Waals surface area (Å²) in [6.45, 7) is 5.29. The summed E-state index contributed by atoms with van der Waals surface area (Å²) in [4.78, 5) is 33.8. The fourth-order valence-corrected chi connectivity index (χ4v) is 0.950. The van der Waals surface area contributed by atoms with E-state index in [0.717, 1.165) is 4.90 Å². The Morgan fingerprint density at radius 3 is 2.36 bits per heavy atom. The SMILES string of the molecule is CCC(C)C(=O)N(C=O)CCC(C)=O. The zero-order valence-corrected chi connectivity index (χ0v) is 8.95. The number of rotatable bonds is 6. The molecule has 0 rings (SSSR count). The maximum atomic E-state index is 11.5. The minimum atomic E-state index is -0.205. The zero-order valence-electron chi connectivity index (χ0n) is 8.95. The van der Waals surface area contributed by atoms with E-state index >= 15 is 0 Å². The third kappa shape index (κ3) is 4.16. The Morgan fingerprint density at radius 2 is 2.00 bits per heavy atom. The fraction of sp³-hybridized carbons (Fsp3) is 0.700. The van der Waals surface area contributed by atoms with Crippen LogP contribution in [0, 0.1) is 5.92 Å². The Hall–Kier alpha value is -1.19. The summed E-state index contributed by atoms with van der Waals surface area (Å²) >= 11 is 0. The Bertz CT molecular complexity index is 225. The van der Waals surface area contributed by atoms with Crippen molar-refractivity contribution in [1.29, 1.82) is 0 Å². The van der Waals surface area contributed by atoms with Gasteiger partial charge in [-0.1, -0.05) is 13.8 Å². The summed E-state index contributed by atoms with van der Waals surface area (Å²) in [5.41, 5.74) is 0. The molecule has 2 amide bonds. The highest BCUT2D eigenvalue weighted by molar-refractivity contribution is 5.88. The van der Waals surface area contributed by atoms with Crippen LogP contribution in [0.4, 0.5) is 0 Å². The number of imide groups is 1. The van der Waals surface area contributed by atoms with Crippen LogP contribution >= 0.6 is 0 Å². The van der Waals surface area contributed by atoms with Gasteiger partial charge in [-0.05, 0) is 13.3 Å². The van der Waals surface area contributed by atoms with Gasteiger partial charge in [-0.3, -0.25) is 19.3 Å². The van der Waals surface area contributed by atoms with Crippen LogP contribution in [0.1, 0.15) is 33.6 Å². The highest BCUT2D eigenvalue weighted by Gasteiger charge is 2.18. The third-order valence-electron chi connectivity index (χ3n) is 2.15. The molecule has 80 valence electrons. The average Bonchev–Trinajstić information content (AvgIpc) is 2.16. The van der Waals surface area contributed by atoms with E-state index in [1.807, 2.05) is 6.92 Å². The lowest BCUT2D eigenvalue weighted by Gasteiger charge is -2.18. The van der Waals surface area contributed by atoms with Crippen LogP contribution in [0.15, 0.2) is 0 Å². The number of nitrogens with zero attached hydrogens (tertiary/aromatic N) is 1. The number of hydrogen-bond donors (Lipinski definition) is 0. The van der Waals surface area contributed by atoms with Gasteiger partial charge in [0.05, 0.1) is 0 Å². The molecule has 0 saturated carbocycles. The van der Waals surface area contributed by atoms with Crippen molar-refractivity contribution in [1.82, 2.24) is 4.90 Å². The van der Waals surface area contributed by atoms with Crippen LogP contribution in [-0.2, 0) is 14.4 Å². The molecule has 0 fully saturated rings. The second-order valence-electron chi connectivity index (χ2n) is 3.40. The van der Waals surface area contributed by atoms with Gasteiger partial charge in [0.1, 0.15) is 5.78 Å². The topological polar surface area (TPSA) is 54.5 Å². The first-order valence-corrected chi connectivity index (χ1v) is 4.78. The fourth-order valence-electron chi connectivity index (χ4n) is 0.950. The van der Waals surface area contributed by atoms with Crippen LogP contribution in [0.5, 0.6) is 0 Å². The van der Waals surface area contributed by atoms with Crippen molar-refractivity contribution in [2.45, 2.75) is 33.6 Å². The summed E-state index contributed by atoms with van der Waals surface area (Å²) < 4.78 is 0. The van der Waals surface area contributed by atoms with E-state index in [4.69, 9.17) is 0 Å². The zero-order chi connectivity index (χ0) is 11.1. The molecule has 1 unspecified atom stereocenters. The van der Waals surface area contributed by atoms with E-state index in [0.29, 0.717) is 12.8 Å². The van der Waals surface area contributed by atoms with Crippen molar-refractivity contribution in [2.24, 2.45) is 5.92 Å². The third-order valence-corrected chi connectivity index (χ3v) is 2.15. The van der Waals surface area contributed by atoms with Gasteiger partial charge in [-0.25, -0.2) is 0 Å². The number of amides is 2. The first-order chi connectivity index (χ1) is 6.52. The van der Waals surface area contributed by atoms with Crippen LogP contribution in [0.2, 0.25) is 0 Å². The predicted octanol–water partition coefficient (Wildman–Crippen LogP) is 0.997. The molecule has 0 aromatic carbocycles. The number of hydrogen-bond acceptors (Lipinski definition) is 3. The predicted molar refractivity (Wildman–Crippen MR) is 52.5 cm³/mol. The van der Waals surface area contributed by atoms with Gasteiger partial charge < -0.3 is 0 Å². The summed E-state index contributed by atoms with van der Waals surface area (Å²) in [5.74, 6) is -0.385. The molecule has 0 aromatic rings. The van der Waals surface area contributed by atoms with E-state index in [1.54, 1.807) is 6.92 Å². The largest absolute Gasteiger partial charge is 0.300 e. The minimum absolute atomic E-state index is 0.0196. The van der Waals surface area contributed by atoms with Gasteiger partial charge in [-0.2, -0.15) is 0 Å². The monoisotopic (exact) mass is 199 g/mol. The van der Waals surface area contributed by atoms with Crippen molar-refractivity contribution < 1.29 is 14.4 Å². The first kappa shape index (κ1) is 12.8. The van der Waals surface area contributed by atoms with Crippen molar-refractivity contribution >= 4 is 18.1 Å². The second-order valence-corrected chi connectivity index (χ2v) is 3.40. The minimum Gasteiger partial charge on any atom is -0.300 e. The molecule has 0 saturated heterocycles. The van der Waals surface area contributed by atoms with Gasteiger partial charge in [0.15, 0.2) is 0 Å². The quantitative estimate of drug-likeness (QED) is 0.599. The highest BCUT2D eigenvalue weighted by atomic mass is 16.2. The van der Waals surface area contributed by atoms with Crippen molar-refractivity contribution in [3.05, 3.63) is 0 Å². The molecule has 0 aliphatic carbocycles. The lowest BCUT2D eigenvalue weighted by Crippen LogP contribution is -2.35. The standard InChI is InChI=1S/C10H17NO3/c1-4-8(2)10(14)11(7-12)6-5-9(3)13/h7-8H,4-6H2,1-3H3. The molecule has 0 aromatic heterocycles. The van der Waals surface area contributed by atoms with Gasteiger partial charge in [-0.15, -0.1) is 0 Å². The molecule has 0 N–H and O–H groups in total. The molecule has 14 heavy (non-hydrogen) atoms. The van der Waals surface area contributed by atoms with Crippen molar-refractivity contribution in [3.8, 4) is 0 Å². The maximum absolute atomic E-state index is 11.5. The molecular weight excluding hydrogens is 182 g/mol. The number of Topliss-reactive ketones (excluding diaryl/α,β-unsaturated/α-hetero) is 1. The van der Waals surface area contributed by atoms with Crippen molar-refractivity contribution in [2.75, 3.05) is 6.54 Å². The van der Waals surface area contributed by atoms with Gasteiger partial charge in [0.25, 0.3) is 0 Å². The molecule has 4 nitrogen and oxygen atoms in total. The van der Waals surface area contributed by atoms with Gasteiger partial charge in [0, 0.05) is 18.9 Å². The highest BCUT2D eigenvalue weighted by Crippen LogP contribution is 2.05. The Labute approximate surface area is 84.3 Å². The van der Waals surface area contributed by atoms with E-state index in [1.165, 1.54) is 6.92 Å². The molecular formula is C10H17NO3. The van der Waals surface area contributed by atoms with Crippen LogP contribution in [0.3, 0.4) is 0 Å². The second kappa shape index (κ2) is 6.29. The number of carbonyl (C=O) groups is 3. The summed E-state index contributed by atoms with van der Waals surface area (Å²) in [6, 6.07) is 0. The average molecular weight is 199 g/mol. The van der Waals surface area contributed by atoms with Gasteiger partial charge >= 0.3 is 0 Å². The molecule has 0 heterocycles. The Balaban J connectivity index is 4.19. The lowest BCUT2D eigenvalue weighted by molar-refractivity contribution is -0.141. The van der Waals surface area contributed by atoms with E-state index < -0.39 is 0 Å². The van der Waals surface area contributed by atoms with Crippen LogP contribution in [0.25, 0.3) is 0 Å². The molecule has 0 aliphatic heterocycles. The van der Waals surface area contributed by atoms with E-state index in [2.05, 4.69) is 0 Å². The van der Waals surface area contributed by atoms with Crippen LogP contribution in [-0.4, -0.2) is 29.5 Å². The molecule has 0 bridgehead atoms. The molecule has 0 spiro atoms. The van der Waals surface area contributed by atoms with E-state index in [-0.39, 0.29) is 30.6 Å². The first-order valence-electron chi connectivity index (χ1n) is 4.78. The molecule has 0 radical (unpaired) electrons. The number of carbonyl (C=O) groups excluding carboxylic acids is 3. The van der Waals surface area contributed by atoms with E-state index in [9.17, 15) is 14.4 Å². The molecule has 4 heteroatoms. The smallest absolute Gasteiger partial charge is 0.231 e. The van der Waals surface area contributed by atoms with Gasteiger partial charge in [0.2, 0.25) is 12.3 Å². The van der Waals surface area contributed by atoms with Crippen LogP contribution < -0.4 is 0 Å².